The van der Waals surface area contributed by atoms with E-state index in [-0.39, 0.29) is 11.5 Å². The first-order valence-electron chi connectivity index (χ1n) is 5.97. The number of pyridine rings is 1. The molecule has 0 bridgehead atoms. The third-order valence-corrected chi connectivity index (χ3v) is 2.98. The highest BCUT2D eigenvalue weighted by Crippen LogP contribution is 2.35. The number of hydrogen-bond acceptors (Lipinski definition) is 6. The van der Waals surface area contributed by atoms with Gasteiger partial charge in [0.2, 0.25) is 5.82 Å². The molecule has 0 aromatic carbocycles. The summed E-state index contributed by atoms with van der Waals surface area (Å²) in [6.07, 6.45) is 5.48. The minimum Gasteiger partial charge on any atom is -0.357 e. The highest BCUT2D eigenvalue weighted by Gasteiger charge is 2.26. The second-order valence-corrected chi connectivity index (χ2v) is 4.37. The molecule has 0 aliphatic heterocycles. The number of nitrogens with zero attached hydrogens (tertiary/aromatic N) is 5. The quantitative estimate of drug-likeness (QED) is 0.646. The standard InChI is InChI=1S/C11H12N6O2/c18-17(19)9-2-1-5-12-11(9)13-6-10-15-14-7-16(10)8-3-4-8/h1-2,5,7-8H,3-4,6H2,(H,12,13). The number of aromatic nitrogens is 4. The van der Waals surface area contributed by atoms with Crippen LogP contribution < -0.4 is 5.32 Å². The van der Waals surface area contributed by atoms with Gasteiger partial charge < -0.3 is 9.88 Å². The third-order valence-electron chi connectivity index (χ3n) is 2.98. The fraction of sp³-hybridized carbons (Fsp3) is 0.364. The van der Waals surface area contributed by atoms with Crippen molar-refractivity contribution in [3.05, 3.63) is 40.6 Å². The molecule has 8 heteroatoms. The normalized spacial score (nSPS) is 14.3. The maximum Gasteiger partial charge on any atom is 0.311 e. The number of nitrogens with one attached hydrogen (secondary N) is 1. The second kappa shape index (κ2) is 4.63. The minimum atomic E-state index is -0.457. The molecule has 0 atom stereocenters. The van der Waals surface area contributed by atoms with Crippen molar-refractivity contribution in [3.63, 3.8) is 0 Å². The average molecular weight is 260 g/mol. The van der Waals surface area contributed by atoms with E-state index in [1.54, 1.807) is 6.33 Å². The van der Waals surface area contributed by atoms with Crippen LogP contribution in [-0.4, -0.2) is 24.7 Å². The fourth-order valence-electron chi connectivity index (χ4n) is 1.89. The minimum absolute atomic E-state index is 0.0417. The van der Waals surface area contributed by atoms with E-state index in [2.05, 4.69) is 20.5 Å². The average Bonchev–Trinajstić information content (AvgIpc) is 3.15. The highest BCUT2D eigenvalue weighted by molar-refractivity contribution is 5.54. The van der Waals surface area contributed by atoms with E-state index in [4.69, 9.17) is 0 Å². The lowest BCUT2D eigenvalue weighted by atomic mass is 10.4. The number of hydrogen-bond donors (Lipinski definition) is 1. The topological polar surface area (TPSA) is 98.8 Å². The maximum atomic E-state index is 10.9. The first kappa shape index (κ1) is 11.6. The predicted octanol–water partition coefficient (Wildman–Crippen LogP) is 1.53. The molecule has 1 aliphatic rings. The van der Waals surface area contributed by atoms with Crippen LogP contribution in [0, 0.1) is 10.1 Å². The molecule has 1 aliphatic carbocycles. The van der Waals surface area contributed by atoms with Crippen LogP contribution in [0.3, 0.4) is 0 Å². The van der Waals surface area contributed by atoms with E-state index >= 15 is 0 Å². The summed E-state index contributed by atoms with van der Waals surface area (Å²) in [5.41, 5.74) is -0.0417. The molecule has 98 valence electrons. The maximum absolute atomic E-state index is 10.9. The van der Waals surface area contributed by atoms with Crippen molar-refractivity contribution < 1.29 is 4.92 Å². The van der Waals surface area contributed by atoms with Gasteiger partial charge in [-0.1, -0.05) is 0 Å². The zero-order chi connectivity index (χ0) is 13.2. The van der Waals surface area contributed by atoms with E-state index < -0.39 is 4.92 Å². The van der Waals surface area contributed by atoms with Crippen molar-refractivity contribution >= 4 is 11.5 Å². The molecule has 0 unspecified atom stereocenters. The van der Waals surface area contributed by atoms with Crippen LogP contribution in [0.25, 0.3) is 0 Å². The Hall–Kier alpha value is -2.51. The highest BCUT2D eigenvalue weighted by atomic mass is 16.6. The Morgan fingerprint density at radius 3 is 3.11 bits per heavy atom. The van der Waals surface area contributed by atoms with Crippen LogP contribution in [0.2, 0.25) is 0 Å². The Labute approximate surface area is 108 Å². The van der Waals surface area contributed by atoms with Crippen LogP contribution >= 0.6 is 0 Å². The van der Waals surface area contributed by atoms with Crippen LogP contribution in [0.1, 0.15) is 24.7 Å². The first-order valence-corrected chi connectivity index (χ1v) is 5.97. The zero-order valence-electron chi connectivity index (χ0n) is 10.1. The third kappa shape index (κ3) is 2.37. The van der Waals surface area contributed by atoms with Gasteiger partial charge in [-0.25, -0.2) is 4.98 Å². The van der Waals surface area contributed by atoms with Gasteiger partial charge in [0.25, 0.3) is 0 Å². The molecular formula is C11H12N6O2. The van der Waals surface area contributed by atoms with Gasteiger partial charge in [-0.2, -0.15) is 0 Å². The van der Waals surface area contributed by atoms with Gasteiger partial charge in [-0.3, -0.25) is 10.1 Å². The molecule has 1 saturated carbocycles. The molecule has 1 N–H and O–H groups in total. The van der Waals surface area contributed by atoms with Crippen LogP contribution in [-0.2, 0) is 6.54 Å². The van der Waals surface area contributed by atoms with E-state index in [0.717, 1.165) is 18.7 Å². The summed E-state index contributed by atoms with van der Waals surface area (Å²) in [6.45, 7) is 0.369. The molecule has 2 aromatic heterocycles. The van der Waals surface area contributed by atoms with E-state index in [1.165, 1.54) is 18.3 Å². The van der Waals surface area contributed by atoms with E-state index in [0.29, 0.717) is 12.6 Å². The van der Waals surface area contributed by atoms with Crippen molar-refractivity contribution in [2.24, 2.45) is 0 Å². The Kier molecular flexibility index (Phi) is 2.82. The molecule has 19 heavy (non-hydrogen) atoms. The molecule has 0 radical (unpaired) electrons. The molecule has 2 heterocycles. The van der Waals surface area contributed by atoms with Crippen molar-refractivity contribution in [3.8, 4) is 0 Å². The van der Waals surface area contributed by atoms with Crippen LogP contribution in [0.5, 0.6) is 0 Å². The van der Waals surface area contributed by atoms with Gasteiger partial charge in [0.1, 0.15) is 6.33 Å². The van der Waals surface area contributed by atoms with Crippen molar-refractivity contribution in [2.75, 3.05) is 5.32 Å². The molecule has 1 fully saturated rings. The SMILES string of the molecule is O=[N+]([O-])c1cccnc1NCc1nncn1C1CC1. The summed E-state index contributed by atoms with van der Waals surface area (Å²) in [6, 6.07) is 3.43. The van der Waals surface area contributed by atoms with Crippen LogP contribution in [0.4, 0.5) is 11.5 Å². The summed E-state index contributed by atoms with van der Waals surface area (Å²) in [7, 11) is 0. The summed E-state index contributed by atoms with van der Waals surface area (Å²) in [5, 5.41) is 21.7. The van der Waals surface area contributed by atoms with E-state index in [1.807, 2.05) is 4.57 Å². The molecule has 8 nitrogen and oxygen atoms in total. The molecule has 0 saturated heterocycles. The largest absolute Gasteiger partial charge is 0.357 e. The van der Waals surface area contributed by atoms with Gasteiger partial charge in [0, 0.05) is 18.3 Å². The molecular weight excluding hydrogens is 248 g/mol. The molecule has 0 spiro atoms. The van der Waals surface area contributed by atoms with Gasteiger partial charge in [-0.05, 0) is 18.9 Å². The number of anilines is 1. The van der Waals surface area contributed by atoms with Gasteiger partial charge in [0.15, 0.2) is 5.82 Å². The Balaban J connectivity index is 1.75. The predicted molar refractivity (Wildman–Crippen MR) is 66.5 cm³/mol. The van der Waals surface area contributed by atoms with Crippen LogP contribution in [0.15, 0.2) is 24.7 Å². The van der Waals surface area contributed by atoms with Gasteiger partial charge in [0.05, 0.1) is 11.5 Å². The van der Waals surface area contributed by atoms with Crippen molar-refractivity contribution in [2.45, 2.75) is 25.4 Å². The first-order chi connectivity index (χ1) is 9.25. The molecule has 0 amide bonds. The second-order valence-electron chi connectivity index (χ2n) is 4.37. The number of nitro groups is 1. The van der Waals surface area contributed by atoms with Gasteiger partial charge >= 0.3 is 5.69 Å². The van der Waals surface area contributed by atoms with Gasteiger partial charge in [-0.15, -0.1) is 10.2 Å². The van der Waals surface area contributed by atoms with Crippen molar-refractivity contribution in [1.82, 2.24) is 19.7 Å². The monoisotopic (exact) mass is 260 g/mol. The molecule has 3 rings (SSSR count). The lowest BCUT2D eigenvalue weighted by Crippen LogP contribution is -2.09. The molecule has 2 aromatic rings. The number of rotatable bonds is 5. The summed E-state index contributed by atoms with van der Waals surface area (Å²) >= 11 is 0. The zero-order valence-corrected chi connectivity index (χ0v) is 10.1. The Morgan fingerprint density at radius 2 is 2.37 bits per heavy atom. The Morgan fingerprint density at radius 1 is 1.53 bits per heavy atom. The summed E-state index contributed by atoms with van der Waals surface area (Å²) in [4.78, 5) is 14.4. The fourth-order valence-corrected chi connectivity index (χ4v) is 1.89. The summed E-state index contributed by atoms with van der Waals surface area (Å²) in [5.74, 6) is 1.01. The smallest absolute Gasteiger partial charge is 0.311 e. The summed E-state index contributed by atoms with van der Waals surface area (Å²) < 4.78 is 2.00. The van der Waals surface area contributed by atoms with E-state index in [9.17, 15) is 10.1 Å². The Bertz CT molecular complexity index is 607. The lowest BCUT2D eigenvalue weighted by molar-refractivity contribution is -0.384. The van der Waals surface area contributed by atoms with Crippen molar-refractivity contribution in [1.29, 1.82) is 0 Å². The lowest BCUT2D eigenvalue weighted by Gasteiger charge is -2.07.